The van der Waals surface area contributed by atoms with E-state index in [1.807, 2.05) is 0 Å². The van der Waals surface area contributed by atoms with E-state index in [1.165, 1.54) is 44.1 Å². The molecule has 1 atom stereocenters. The van der Waals surface area contributed by atoms with E-state index in [1.54, 1.807) is 5.56 Å². The second kappa shape index (κ2) is 5.52. The van der Waals surface area contributed by atoms with E-state index in [4.69, 9.17) is 0 Å². The van der Waals surface area contributed by atoms with Crippen LogP contribution in [0.4, 0.5) is 0 Å². The normalized spacial score (nSPS) is 19.6. The first-order valence-corrected chi connectivity index (χ1v) is 6.88. The maximum atomic E-state index is 2.35. The van der Waals surface area contributed by atoms with Gasteiger partial charge >= 0.3 is 0 Å². The predicted octanol–water partition coefficient (Wildman–Crippen LogP) is 5.07. The van der Waals surface area contributed by atoms with Crippen molar-refractivity contribution in [2.75, 3.05) is 0 Å². The smallest absolute Gasteiger partial charge is 0.0134 e. The van der Waals surface area contributed by atoms with Crippen LogP contribution in [-0.2, 0) is 0 Å². The molecule has 0 saturated heterocycles. The molecule has 88 valence electrons. The molecule has 1 fully saturated rings. The molecule has 1 aromatic carbocycles. The maximum Gasteiger partial charge on any atom is -0.0134 e. The summed E-state index contributed by atoms with van der Waals surface area (Å²) in [6.07, 6.45) is 8.57. The fourth-order valence-electron chi connectivity index (χ4n) is 3.35. The van der Waals surface area contributed by atoms with Crippen LogP contribution in [-0.4, -0.2) is 0 Å². The quantitative estimate of drug-likeness (QED) is 0.662. The van der Waals surface area contributed by atoms with E-state index >= 15 is 0 Å². The van der Waals surface area contributed by atoms with Crippen molar-refractivity contribution < 1.29 is 0 Å². The minimum Gasteiger partial charge on any atom is -0.0648 e. The fraction of sp³-hybridized carbons (Fsp3) is 0.625. The van der Waals surface area contributed by atoms with E-state index in [9.17, 15) is 0 Å². The van der Waals surface area contributed by atoms with Crippen molar-refractivity contribution in [2.45, 2.75) is 58.3 Å². The second-order valence-electron chi connectivity index (χ2n) is 5.27. The monoisotopic (exact) mass is 216 g/mol. The van der Waals surface area contributed by atoms with Gasteiger partial charge in [0.2, 0.25) is 0 Å². The lowest BCUT2D eigenvalue weighted by Gasteiger charge is -2.30. The van der Waals surface area contributed by atoms with Gasteiger partial charge in [0, 0.05) is 0 Å². The number of hydrogen-bond donors (Lipinski definition) is 0. The zero-order chi connectivity index (χ0) is 11.4. The van der Waals surface area contributed by atoms with Crippen LogP contribution in [0, 0.1) is 12.8 Å². The van der Waals surface area contributed by atoms with Crippen molar-refractivity contribution in [1.82, 2.24) is 0 Å². The van der Waals surface area contributed by atoms with Crippen LogP contribution in [0.25, 0.3) is 0 Å². The van der Waals surface area contributed by atoms with Crippen molar-refractivity contribution in [3.8, 4) is 0 Å². The summed E-state index contributed by atoms with van der Waals surface area (Å²) in [7, 11) is 0. The van der Waals surface area contributed by atoms with Crippen LogP contribution < -0.4 is 0 Å². The Hall–Kier alpha value is -0.780. The van der Waals surface area contributed by atoms with Crippen LogP contribution in [0.1, 0.15) is 62.5 Å². The van der Waals surface area contributed by atoms with Gasteiger partial charge in [0.05, 0.1) is 0 Å². The second-order valence-corrected chi connectivity index (χ2v) is 5.27. The topological polar surface area (TPSA) is 0 Å². The SMILES string of the molecule is CCC(c1ccccc1C)C1CCCCC1. The summed E-state index contributed by atoms with van der Waals surface area (Å²) in [6.45, 7) is 4.62. The number of rotatable bonds is 3. The Bertz CT molecular complexity index is 321. The lowest BCUT2D eigenvalue weighted by atomic mass is 9.75. The first kappa shape index (κ1) is 11.7. The highest BCUT2D eigenvalue weighted by molar-refractivity contribution is 5.29. The van der Waals surface area contributed by atoms with Gasteiger partial charge in [0.1, 0.15) is 0 Å². The molecule has 1 aliphatic carbocycles. The Balaban J connectivity index is 2.18. The van der Waals surface area contributed by atoms with Crippen molar-refractivity contribution in [2.24, 2.45) is 5.92 Å². The molecule has 1 aliphatic rings. The molecule has 0 aromatic heterocycles. The molecular weight excluding hydrogens is 192 g/mol. The van der Waals surface area contributed by atoms with Gasteiger partial charge in [-0.05, 0) is 49.1 Å². The van der Waals surface area contributed by atoms with Gasteiger partial charge in [-0.15, -0.1) is 0 Å². The molecular formula is C16H24. The minimum absolute atomic E-state index is 0.807. The highest BCUT2D eigenvalue weighted by Crippen LogP contribution is 2.38. The molecule has 0 N–H and O–H groups in total. The molecule has 0 spiro atoms. The number of benzene rings is 1. The van der Waals surface area contributed by atoms with Crippen molar-refractivity contribution >= 4 is 0 Å². The highest BCUT2D eigenvalue weighted by Gasteiger charge is 2.24. The molecule has 1 unspecified atom stereocenters. The number of aryl methyl sites for hydroxylation is 1. The zero-order valence-corrected chi connectivity index (χ0v) is 10.7. The van der Waals surface area contributed by atoms with Gasteiger partial charge in [0.15, 0.2) is 0 Å². The van der Waals surface area contributed by atoms with E-state index in [0.717, 1.165) is 11.8 Å². The van der Waals surface area contributed by atoms with Gasteiger partial charge in [0.25, 0.3) is 0 Å². The fourth-order valence-corrected chi connectivity index (χ4v) is 3.35. The molecule has 1 aromatic rings. The lowest BCUT2D eigenvalue weighted by Crippen LogP contribution is -2.16. The molecule has 0 amide bonds. The van der Waals surface area contributed by atoms with Gasteiger partial charge in [-0.1, -0.05) is 50.5 Å². The third kappa shape index (κ3) is 2.48. The lowest BCUT2D eigenvalue weighted by molar-refractivity contribution is 0.298. The van der Waals surface area contributed by atoms with Crippen LogP contribution in [0.3, 0.4) is 0 Å². The average molecular weight is 216 g/mol. The summed E-state index contributed by atoms with van der Waals surface area (Å²) >= 11 is 0. The van der Waals surface area contributed by atoms with Crippen molar-refractivity contribution in [3.05, 3.63) is 35.4 Å². The maximum absolute atomic E-state index is 2.35. The van der Waals surface area contributed by atoms with Crippen molar-refractivity contribution in [1.29, 1.82) is 0 Å². The summed E-state index contributed by atoms with van der Waals surface area (Å²) in [5, 5.41) is 0. The Labute approximate surface area is 100 Å². The molecule has 0 heterocycles. The molecule has 1 saturated carbocycles. The van der Waals surface area contributed by atoms with Crippen molar-refractivity contribution in [3.63, 3.8) is 0 Å². The van der Waals surface area contributed by atoms with Crippen LogP contribution in [0.15, 0.2) is 24.3 Å². The van der Waals surface area contributed by atoms with Gasteiger partial charge < -0.3 is 0 Å². The molecule has 0 radical (unpaired) electrons. The summed E-state index contributed by atoms with van der Waals surface area (Å²) < 4.78 is 0. The molecule has 0 heteroatoms. The molecule has 0 nitrogen and oxygen atoms in total. The first-order valence-electron chi connectivity index (χ1n) is 6.88. The summed E-state index contributed by atoms with van der Waals surface area (Å²) in [5.41, 5.74) is 3.09. The third-order valence-corrected chi connectivity index (χ3v) is 4.25. The molecule has 2 rings (SSSR count). The van der Waals surface area contributed by atoms with E-state index in [0.29, 0.717) is 0 Å². The summed E-state index contributed by atoms with van der Waals surface area (Å²) in [6, 6.07) is 8.97. The summed E-state index contributed by atoms with van der Waals surface area (Å²) in [5.74, 6) is 1.75. The Kier molecular flexibility index (Phi) is 4.04. The minimum atomic E-state index is 0.807. The van der Waals surface area contributed by atoms with Crippen LogP contribution in [0.5, 0.6) is 0 Å². The van der Waals surface area contributed by atoms with Gasteiger partial charge in [-0.25, -0.2) is 0 Å². The van der Waals surface area contributed by atoms with Gasteiger partial charge in [-0.2, -0.15) is 0 Å². The van der Waals surface area contributed by atoms with Gasteiger partial charge in [-0.3, -0.25) is 0 Å². The third-order valence-electron chi connectivity index (χ3n) is 4.25. The Morgan fingerprint density at radius 3 is 2.44 bits per heavy atom. The Morgan fingerprint density at radius 1 is 1.12 bits per heavy atom. The highest BCUT2D eigenvalue weighted by atomic mass is 14.3. The first-order chi connectivity index (χ1) is 7.83. The van der Waals surface area contributed by atoms with Crippen LogP contribution >= 0.6 is 0 Å². The number of hydrogen-bond acceptors (Lipinski definition) is 0. The zero-order valence-electron chi connectivity index (χ0n) is 10.7. The van der Waals surface area contributed by atoms with E-state index in [2.05, 4.69) is 38.1 Å². The molecule has 16 heavy (non-hydrogen) atoms. The average Bonchev–Trinajstić information content (AvgIpc) is 2.34. The predicted molar refractivity (Wildman–Crippen MR) is 70.8 cm³/mol. The standard InChI is InChI=1S/C16H24/c1-3-15(14-10-5-4-6-11-14)16-12-8-7-9-13(16)2/h7-9,12,14-15H,3-6,10-11H2,1-2H3. The molecule has 0 bridgehead atoms. The van der Waals surface area contributed by atoms with Crippen LogP contribution in [0.2, 0.25) is 0 Å². The van der Waals surface area contributed by atoms with E-state index in [-0.39, 0.29) is 0 Å². The summed E-state index contributed by atoms with van der Waals surface area (Å²) in [4.78, 5) is 0. The van der Waals surface area contributed by atoms with E-state index < -0.39 is 0 Å². The molecule has 0 aliphatic heterocycles. The Morgan fingerprint density at radius 2 is 1.81 bits per heavy atom. The largest absolute Gasteiger partial charge is 0.0648 e.